The molecule has 0 aliphatic rings. The van der Waals surface area contributed by atoms with Gasteiger partial charge in [-0.05, 0) is 6.92 Å². The Hall–Kier alpha value is -2.10. The molecule has 0 saturated carbocycles. The van der Waals surface area contributed by atoms with Crippen molar-refractivity contribution in [2.75, 3.05) is 6.61 Å². The summed E-state index contributed by atoms with van der Waals surface area (Å²) in [6.45, 7) is 1.92. The first-order valence-corrected chi connectivity index (χ1v) is 5.28. The molecule has 4 nitrogen and oxygen atoms in total. The van der Waals surface area contributed by atoms with Crippen LogP contribution in [-0.4, -0.2) is 23.5 Å². The minimum absolute atomic E-state index is 0.249. The molecule has 90 valence electrons. The third-order valence-electron chi connectivity index (χ3n) is 1.99. The van der Waals surface area contributed by atoms with Gasteiger partial charge in [-0.1, -0.05) is 30.3 Å². The lowest BCUT2D eigenvalue weighted by Gasteiger charge is -2.01. The van der Waals surface area contributed by atoms with Gasteiger partial charge in [-0.25, -0.2) is 0 Å². The quantitative estimate of drug-likeness (QED) is 0.367. The van der Waals surface area contributed by atoms with Gasteiger partial charge in [0.1, 0.15) is 12.2 Å². The molecule has 0 saturated heterocycles. The molecule has 0 unspecified atom stereocenters. The molecule has 1 N–H and O–H groups in total. The topological polar surface area (TPSA) is 63.6 Å². The number of hydrogen-bond acceptors (Lipinski definition) is 4. The van der Waals surface area contributed by atoms with Crippen LogP contribution in [0, 0.1) is 0 Å². The largest absolute Gasteiger partial charge is 0.512 e. The summed E-state index contributed by atoms with van der Waals surface area (Å²) in [5, 5.41) is 9.42. The molecule has 17 heavy (non-hydrogen) atoms. The number of rotatable bonds is 5. The van der Waals surface area contributed by atoms with Gasteiger partial charge < -0.3 is 9.84 Å². The van der Waals surface area contributed by atoms with Crippen molar-refractivity contribution >= 4 is 11.8 Å². The Morgan fingerprint density at radius 2 is 1.94 bits per heavy atom. The lowest BCUT2D eigenvalue weighted by atomic mass is 10.1. The lowest BCUT2D eigenvalue weighted by molar-refractivity contribution is -0.142. The van der Waals surface area contributed by atoms with Crippen LogP contribution in [0.15, 0.2) is 42.2 Å². The third kappa shape index (κ3) is 4.51. The second kappa shape index (κ2) is 6.48. The summed E-state index contributed by atoms with van der Waals surface area (Å²) in [6, 6.07) is 8.51. The van der Waals surface area contributed by atoms with E-state index in [0.717, 1.165) is 6.08 Å². The lowest BCUT2D eigenvalue weighted by Crippen LogP contribution is -2.06. The SMILES string of the molecule is CCOC(=O)C/C(O)=C/C(=O)c1ccccc1. The van der Waals surface area contributed by atoms with Crippen LogP contribution >= 0.6 is 0 Å². The van der Waals surface area contributed by atoms with Crippen molar-refractivity contribution in [3.8, 4) is 0 Å². The molecule has 0 radical (unpaired) electrons. The average Bonchev–Trinajstić information content (AvgIpc) is 2.30. The Balaban J connectivity index is 2.63. The maximum absolute atomic E-state index is 11.6. The summed E-state index contributed by atoms with van der Waals surface area (Å²) in [6.07, 6.45) is 0.749. The van der Waals surface area contributed by atoms with E-state index < -0.39 is 5.97 Å². The zero-order chi connectivity index (χ0) is 12.7. The number of carbonyl (C=O) groups is 2. The van der Waals surface area contributed by atoms with E-state index in [2.05, 4.69) is 4.74 Å². The Kier molecular flexibility index (Phi) is 4.94. The number of ether oxygens (including phenoxy) is 1. The van der Waals surface area contributed by atoms with Gasteiger partial charge in [0.05, 0.1) is 6.61 Å². The fourth-order valence-electron chi connectivity index (χ4n) is 1.25. The van der Waals surface area contributed by atoms with Crippen LogP contribution in [0.1, 0.15) is 23.7 Å². The highest BCUT2D eigenvalue weighted by molar-refractivity contribution is 6.04. The molecule has 4 heteroatoms. The van der Waals surface area contributed by atoms with Gasteiger partial charge in [0.15, 0.2) is 5.78 Å². The first-order valence-electron chi connectivity index (χ1n) is 5.28. The Morgan fingerprint density at radius 1 is 1.29 bits per heavy atom. The van der Waals surface area contributed by atoms with Crippen molar-refractivity contribution in [1.29, 1.82) is 0 Å². The number of ketones is 1. The highest BCUT2D eigenvalue weighted by Gasteiger charge is 2.08. The highest BCUT2D eigenvalue weighted by atomic mass is 16.5. The highest BCUT2D eigenvalue weighted by Crippen LogP contribution is 2.05. The summed E-state index contributed by atoms with van der Waals surface area (Å²) < 4.78 is 4.65. The molecule has 0 spiro atoms. The average molecular weight is 234 g/mol. The van der Waals surface area contributed by atoms with Crippen molar-refractivity contribution in [3.05, 3.63) is 47.7 Å². The summed E-state index contributed by atoms with van der Waals surface area (Å²) in [5.41, 5.74) is 0.461. The second-order valence-electron chi connectivity index (χ2n) is 3.35. The van der Waals surface area contributed by atoms with Crippen LogP contribution in [0.3, 0.4) is 0 Å². The molecule has 0 heterocycles. The smallest absolute Gasteiger partial charge is 0.313 e. The molecule has 1 aromatic carbocycles. The predicted octanol–water partition coefficient (Wildman–Crippen LogP) is 2.26. The first kappa shape index (κ1) is 13.0. The van der Waals surface area contributed by atoms with Crippen molar-refractivity contribution in [1.82, 2.24) is 0 Å². The second-order valence-corrected chi connectivity index (χ2v) is 3.35. The zero-order valence-corrected chi connectivity index (χ0v) is 9.55. The van der Waals surface area contributed by atoms with E-state index in [1.165, 1.54) is 0 Å². The standard InChI is InChI=1S/C13H14O4/c1-2-17-13(16)9-11(14)8-12(15)10-6-4-3-5-7-10/h3-8,14H,2,9H2,1H3/b11-8-. The van der Waals surface area contributed by atoms with E-state index in [1.807, 2.05) is 0 Å². The van der Waals surface area contributed by atoms with Crippen LogP contribution in [0.2, 0.25) is 0 Å². The van der Waals surface area contributed by atoms with Crippen LogP contribution in [-0.2, 0) is 9.53 Å². The fourth-order valence-corrected chi connectivity index (χ4v) is 1.25. The summed E-state index contributed by atoms with van der Waals surface area (Å²) in [4.78, 5) is 22.6. The van der Waals surface area contributed by atoms with E-state index in [4.69, 9.17) is 0 Å². The number of aliphatic hydroxyl groups is 1. The molecule has 0 bridgehead atoms. The summed E-state index contributed by atoms with van der Waals surface area (Å²) in [7, 11) is 0. The third-order valence-corrected chi connectivity index (χ3v) is 1.99. The molecule has 0 aliphatic carbocycles. The number of esters is 1. The van der Waals surface area contributed by atoms with E-state index in [0.29, 0.717) is 5.56 Å². The fraction of sp³-hybridized carbons (Fsp3) is 0.231. The van der Waals surface area contributed by atoms with Crippen LogP contribution in [0.4, 0.5) is 0 Å². The maximum Gasteiger partial charge on any atom is 0.313 e. The minimum Gasteiger partial charge on any atom is -0.512 e. The number of benzene rings is 1. The van der Waals surface area contributed by atoms with E-state index in [-0.39, 0.29) is 24.6 Å². The Labute approximate surface area is 99.5 Å². The Morgan fingerprint density at radius 3 is 2.53 bits per heavy atom. The van der Waals surface area contributed by atoms with Gasteiger partial charge in [0.2, 0.25) is 0 Å². The van der Waals surface area contributed by atoms with Gasteiger partial charge in [-0.2, -0.15) is 0 Å². The zero-order valence-electron chi connectivity index (χ0n) is 9.55. The van der Waals surface area contributed by atoms with Gasteiger partial charge in [0.25, 0.3) is 0 Å². The van der Waals surface area contributed by atoms with E-state index in [9.17, 15) is 14.7 Å². The number of hydrogen-bond donors (Lipinski definition) is 1. The summed E-state index contributed by atoms with van der Waals surface area (Å²) >= 11 is 0. The van der Waals surface area contributed by atoms with Gasteiger partial charge >= 0.3 is 5.97 Å². The molecule has 0 aliphatic heterocycles. The van der Waals surface area contributed by atoms with Crippen molar-refractivity contribution in [2.45, 2.75) is 13.3 Å². The number of aliphatic hydroxyl groups excluding tert-OH is 1. The van der Waals surface area contributed by atoms with Crippen molar-refractivity contribution < 1.29 is 19.4 Å². The van der Waals surface area contributed by atoms with E-state index in [1.54, 1.807) is 37.3 Å². The van der Waals surface area contributed by atoms with Crippen LogP contribution in [0.5, 0.6) is 0 Å². The number of carbonyl (C=O) groups excluding carboxylic acids is 2. The first-order chi connectivity index (χ1) is 8.13. The molecule has 0 fully saturated rings. The van der Waals surface area contributed by atoms with Gasteiger partial charge in [0, 0.05) is 11.6 Å². The normalized spacial score (nSPS) is 11.0. The van der Waals surface area contributed by atoms with Crippen LogP contribution in [0.25, 0.3) is 0 Å². The maximum atomic E-state index is 11.6. The molecule has 0 amide bonds. The number of allylic oxidation sites excluding steroid dienone is 1. The molecule has 0 atom stereocenters. The van der Waals surface area contributed by atoms with Crippen molar-refractivity contribution in [3.63, 3.8) is 0 Å². The molecule has 1 rings (SSSR count). The van der Waals surface area contributed by atoms with E-state index >= 15 is 0 Å². The Bertz CT molecular complexity index is 420. The summed E-state index contributed by atoms with van der Waals surface area (Å²) in [5.74, 6) is -1.19. The molecular weight excluding hydrogens is 220 g/mol. The van der Waals surface area contributed by atoms with Crippen molar-refractivity contribution in [2.24, 2.45) is 0 Å². The molecule has 0 aromatic heterocycles. The van der Waals surface area contributed by atoms with Gasteiger partial charge in [-0.15, -0.1) is 0 Å². The molecular formula is C13H14O4. The van der Waals surface area contributed by atoms with Gasteiger partial charge in [-0.3, -0.25) is 9.59 Å². The monoisotopic (exact) mass is 234 g/mol. The predicted molar refractivity (Wildman–Crippen MR) is 62.7 cm³/mol. The van der Waals surface area contributed by atoms with Crippen LogP contribution < -0.4 is 0 Å². The minimum atomic E-state index is -0.554. The molecule has 1 aromatic rings.